The summed E-state index contributed by atoms with van der Waals surface area (Å²) in [6.45, 7) is 37.3. The zero-order valence-electron chi connectivity index (χ0n) is 31.2. The van der Waals surface area contributed by atoms with E-state index in [1.165, 1.54) is 19.3 Å². The average Bonchev–Trinajstić information content (AvgIpc) is 3.03. The van der Waals surface area contributed by atoms with Crippen LogP contribution in [0.1, 0.15) is 179 Å². The molecule has 0 aliphatic carbocycles. The van der Waals surface area contributed by atoms with Gasteiger partial charge in [-0.25, -0.2) is 19.9 Å². The Morgan fingerprint density at radius 1 is 0.476 bits per heavy atom. The summed E-state index contributed by atoms with van der Waals surface area (Å²) in [7, 11) is 0. The minimum absolute atomic E-state index is 0.436. The minimum atomic E-state index is 0.436. The first-order chi connectivity index (χ1) is 20.2. The fourth-order valence-corrected chi connectivity index (χ4v) is 1.86. The highest BCUT2D eigenvalue weighted by Gasteiger charge is 1.98. The van der Waals surface area contributed by atoms with E-state index >= 15 is 0 Å². The highest BCUT2D eigenvalue weighted by molar-refractivity contribution is 5.02. The van der Waals surface area contributed by atoms with Crippen LogP contribution in [0.5, 0.6) is 0 Å². The van der Waals surface area contributed by atoms with Crippen molar-refractivity contribution in [2.75, 3.05) is 0 Å². The molecule has 0 fully saturated rings. The maximum atomic E-state index is 4.12. The third-order valence-electron chi connectivity index (χ3n) is 3.47. The molecule has 0 aliphatic heterocycles. The highest BCUT2D eigenvalue weighted by atomic mass is 14.9. The van der Waals surface area contributed by atoms with Gasteiger partial charge in [-0.2, -0.15) is 0 Å². The summed E-state index contributed by atoms with van der Waals surface area (Å²) in [6.07, 6.45) is 15.8. The molecule has 0 aliphatic rings. The van der Waals surface area contributed by atoms with Crippen LogP contribution < -0.4 is 0 Å². The van der Waals surface area contributed by atoms with Gasteiger partial charge < -0.3 is 0 Å². The maximum absolute atomic E-state index is 4.12. The summed E-state index contributed by atoms with van der Waals surface area (Å²) < 4.78 is 0. The standard InChI is InChI=1S/3C7H10N2.3C3H8.3C2H6/c1-6(2)7-5-8-3-4-9-7;1-6(2)7-3-4-8-5-9-7;1-6(2)7-8-4-3-5-9-7;3*1-3-2;3*1-2/h3*3-6H,1-2H3;3*3H2,1-2H3;3*1-2H3. The largest absolute Gasteiger partial charge is 0.261 e. The zero-order valence-corrected chi connectivity index (χ0v) is 31.2. The van der Waals surface area contributed by atoms with E-state index in [9.17, 15) is 0 Å². The molecule has 0 aromatic carbocycles. The Morgan fingerprint density at radius 3 is 1.12 bits per heavy atom. The van der Waals surface area contributed by atoms with E-state index < -0.39 is 0 Å². The van der Waals surface area contributed by atoms with Crippen LogP contribution in [-0.4, -0.2) is 29.9 Å². The SMILES string of the molecule is CC.CC.CC.CC(C)c1ccncn1.CC(C)c1cnccn1.CC(C)c1ncccn1.CCC.CCC.CCC. The molecule has 0 saturated carbocycles. The summed E-state index contributed by atoms with van der Waals surface area (Å²) in [6, 6.07) is 3.76. The second-order valence-corrected chi connectivity index (χ2v) is 8.96. The summed E-state index contributed by atoms with van der Waals surface area (Å²) in [4.78, 5) is 24.1. The van der Waals surface area contributed by atoms with Crippen molar-refractivity contribution < 1.29 is 0 Å². The molecule has 0 spiro atoms. The van der Waals surface area contributed by atoms with Crippen LogP contribution >= 0.6 is 0 Å². The van der Waals surface area contributed by atoms with Crippen molar-refractivity contribution in [2.24, 2.45) is 0 Å². The quantitative estimate of drug-likeness (QED) is 0.303. The van der Waals surface area contributed by atoms with Crippen LogP contribution in [0.25, 0.3) is 0 Å². The van der Waals surface area contributed by atoms with Crippen molar-refractivity contribution in [1.29, 1.82) is 0 Å². The average molecular weight is 589 g/mol. The van der Waals surface area contributed by atoms with Gasteiger partial charge in [0, 0.05) is 48.8 Å². The third kappa shape index (κ3) is 44.3. The molecule has 3 aromatic heterocycles. The van der Waals surface area contributed by atoms with Crippen molar-refractivity contribution in [3.63, 3.8) is 0 Å². The molecule has 0 unspecified atom stereocenters. The molecule has 0 saturated heterocycles. The first-order valence-electron chi connectivity index (χ1n) is 16.4. The van der Waals surface area contributed by atoms with Gasteiger partial charge in [-0.15, -0.1) is 0 Å². The molecule has 0 bridgehead atoms. The van der Waals surface area contributed by atoms with Gasteiger partial charge >= 0.3 is 0 Å². The van der Waals surface area contributed by atoms with E-state index in [-0.39, 0.29) is 0 Å². The molecule has 3 rings (SSSR count). The predicted molar refractivity (Wildman–Crippen MR) is 190 cm³/mol. The smallest absolute Gasteiger partial charge is 0.130 e. The predicted octanol–water partition coefficient (Wildman–Crippen LogP) is 12.1. The number of aromatic nitrogens is 6. The fraction of sp³-hybridized carbons (Fsp3) is 0.667. The molecule has 6 nitrogen and oxygen atoms in total. The van der Waals surface area contributed by atoms with Gasteiger partial charge in [0.2, 0.25) is 0 Å². The normalized spacial score (nSPS) is 8.21. The molecule has 3 aromatic rings. The number of nitrogens with zero attached hydrogens (tertiary/aromatic N) is 6. The number of hydrogen-bond acceptors (Lipinski definition) is 6. The lowest BCUT2D eigenvalue weighted by atomic mass is 10.1. The lowest BCUT2D eigenvalue weighted by Gasteiger charge is -1.99. The molecule has 3 heterocycles. The fourth-order valence-electron chi connectivity index (χ4n) is 1.86. The van der Waals surface area contributed by atoms with Crippen molar-refractivity contribution in [2.45, 2.75) is 162 Å². The maximum Gasteiger partial charge on any atom is 0.130 e. The molecule has 0 atom stereocenters. The van der Waals surface area contributed by atoms with Crippen LogP contribution in [0.15, 0.2) is 55.6 Å². The van der Waals surface area contributed by atoms with Crippen molar-refractivity contribution in [1.82, 2.24) is 29.9 Å². The van der Waals surface area contributed by atoms with Crippen LogP contribution in [-0.2, 0) is 0 Å². The Morgan fingerprint density at radius 2 is 0.905 bits per heavy atom. The molecule has 6 heteroatoms. The Balaban J connectivity index is -0.0000000942. The number of hydrogen-bond donors (Lipinski definition) is 0. The minimum Gasteiger partial charge on any atom is -0.261 e. The van der Waals surface area contributed by atoms with Crippen molar-refractivity contribution >= 4 is 0 Å². The van der Waals surface area contributed by atoms with Gasteiger partial charge in [-0.1, -0.05) is 144 Å². The summed E-state index contributed by atoms with van der Waals surface area (Å²) in [5.74, 6) is 2.34. The topological polar surface area (TPSA) is 77.3 Å². The summed E-state index contributed by atoms with van der Waals surface area (Å²) >= 11 is 0. The van der Waals surface area contributed by atoms with E-state index in [4.69, 9.17) is 0 Å². The lowest BCUT2D eigenvalue weighted by Crippen LogP contribution is -1.93. The van der Waals surface area contributed by atoms with Crippen molar-refractivity contribution in [3.05, 3.63) is 72.9 Å². The second-order valence-electron chi connectivity index (χ2n) is 8.96. The molecule has 246 valence electrons. The van der Waals surface area contributed by atoms with Gasteiger partial charge in [-0.3, -0.25) is 9.97 Å². The van der Waals surface area contributed by atoms with E-state index in [0.29, 0.717) is 17.8 Å². The van der Waals surface area contributed by atoms with Crippen LogP contribution in [0.4, 0.5) is 0 Å². The Kier molecular flexibility index (Phi) is 59.3. The van der Waals surface area contributed by atoms with Gasteiger partial charge in [-0.05, 0) is 24.0 Å². The molecular weight excluding hydrogens is 516 g/mol. The Bertz CT molecular complexity index is 656. The van der Waals surface area contributed by atoms with E-state index in [0.717, 1.165) is 17.2 Å². The van der Waals surface area contributed by atoms with Gasteiger partial charge in [0.15, 0.2) is 0 Å². The van der Waals surface area contributed by atoms with E-state index in [1.807, 2.05) is 53.7 Å². The van der Waals surface area contributed by atoms with Crippen molar-refractivity contribution in [3.8, 4) is 0 Å². The van der Waals surface area contributed by atoms with Crippen LogP contribution in [0.3, 0.4) is 0 Å². The second kappa shape index (κ2) is 48.0. The summed E-state index contributed by atoms with van der Waals surface area (Å²) in [5, 5.41) is 0. The Hall–Kier alpha value is -2.76. The zero-order chi connectivity index (χ0) is 34.2. The van der Waals surface area contributed by atoms with Crippen LogP contribution in [0, 0.1) is 0 Å². The van der Waals surface area contributed by atoms with E-state index in [1.54, 1.807) is 43.5 Å². The molecule has 0 N–H and O–H groups in total. The highest BCUT2D eigenvalue weighted by Crippen LogP contribution is 2.08. The lowest BCUT2D eigenvalue weighted by molar-refractivity contribution is 0.774. The van der Waals surface area contributed by atoms with Gasteiger partial charge in [0.05, 0.1) is 5.69 Å². The molecule has 0 radical (unpaired) electrons. The molecule has 42 heavy (non-hydrogen) atoms. The van der Waals surface area contributed by atoms with Crippen LogP contribution in [0.2, 0.25) is 0 Å². The Labute approximate surface area is 264 Å². The van der Waals surface area contributed by atoms with Gasteiger partial charge in [0.25, 0.3) is 0 Å². The summed E-state index contributed by atoms with van der Waals surface area (Å²) in [5.41, 5.74) is 2.16. The molecule has 0 amide bonds. The van der Waals surface area contributed by atoms with Gasteiger partial charge in [0.1, 0.15) is 12.2 Å². The van der Waals surface area contributed by atoms with E-state index in [2.05, 4.69) is 113 Å². The monoisotopic (exact) mass is 589 g/mol. The third-order valence-corrected chi connectivity index (χ3v) is 3.47. The first-order valence-corrected chi connectivity index (χ1v) is 16.4. The first kappa shape index (κ1) is 51.9. The molecular formula is C36H72N6. The number of rotatable bonds is 3.